The Morgan fingerprint density at radius 2 is 1.04 bits per heavy atom. The van der Waals surface area contributed by atoms with Crippen LogP contribution < -0.4 is 4.90 Å². The van der Waals surface area contributed by atoms with Gasteiger partial charge in [-0.25, -0.2) is 0 Å². The Bertz CT molecular complexity index is 4100. The van der Waals surface area contributed by atoms with E-state index in [1.807, 2.05) is 0 Å². The number of benzene rings is 8. The van der Waals surface area contributed by atoms with Crippen LogP contribution in [0.5, 0.6) is 0 Å². The van der Waals surface area contributed by atoms with Crippen molar-refractivity contribution in [2.45, 2.75) is 0 Å². The zero-order chi connectivity index (χ0) is 55.7. The molecule has 1 heterocycles. The minimum absolute atomic E-state index is 0.252. The Balaban J connectivity index is 1.52. The molecule has 9 rings (SSSR count). The van der Waals surface area contributed by atoms with Crippen LogP contribution in [0.2, 0.25) is 0 Å². The molecule has 0 saturated heterocycles. The van der Waals surface area contributed by atoms with Crippen molar-refractivity contribution < 1.29 is 39.8 Å². The second kappa shape index (κ2) is 11.0. The molecular weight excluding hydrogens is 575 g/mol. The van der Waals surface area contributed by atoms with E-state index in [1.165, 1.54) is 0 Å². The number of anilines is 3. The van der Waals surface area contributed by atoms with E-state index in [-0.39, 0.29) is 14.8 Å². The Morgan fingerprint density at radius 1 is 0.413 bits per heavy atom. The van der Waals surface area contributed by atoms with Gasteiger partial charge in [-0.05, 0) is 98.2 Å². The molecule has 0 radical (unpaired) electrons. The summed E-state index contributed by atoms with van der Waals surface area (Å²) in [6, 6.07) is -27.5. The molecule has 0 N–H and O–H groups in total. The molecule has 1 aromatic heterocycles. The van der Waals surface area contributed by atoms with Gasteiger partial charge in [0, 0.05) is 37.2 Å². The van der Waals surface area contributed by atoms with Gasteiger partial charge in [-0.15, -0.1) is 11.3 Å². The molecule has 2 heteroatoms. The number of thiophene rings is 1. The second-order valence-corrected chi connectivity index (χ2v) is 10.5. The van der Waals surface area contributed by atoms with Crippen molar-refractivity contribution in [3.8, 4) is 22.3 Å². The molecule has 1 nitrogen and oxygen atoms in total. The van der Waals surface area contributed by atoms with E-state index in [9.17, 15) is 11.0 Å². The van der Waals surface area contributed by atoms with Crippen molar-refractivity contribution in [2.24, 2.45) is 0 Å². The fourth-order valence-corrected chi connectivity index (χ4v) is 6.02. The van der Waals surface area contributed by atoms with E-state index in [4.69, 9.17) is 28.8 Å². The van der Waals surface area contributed by atoms with Crippen molar-refractivity contribution in [1.29, 1.82) is 0 Å². The first-order valence-electron chi connectivity index (χ1n) is 27.8. The highest BCUT2D eigenvalue weighted by molar-refractivity contribution is 7.26. The maximum absolute atomic E-state index is 10.0. The summed E-state index contributed by atoms with van der Waals surface area (Å²) in [4.78, 5) is 0.422. The summed E-state index contributed by atoms with van der Waals surface area (Å²) in [5.74, 6) is 0. The van der Waals surface area contributed by atoms with Crippen LogP contribution in [0.3, 0.4) is 0 Å². The molecule has 46 heavy (non-hydrogen) atoms. The molecule has 216 valence electrons. The average molecular weight is 633 g/mol. The zero-order valence-electron chi connectivity index (χ0n) is 51.9. The lowest BCUT2D eigenvalue weighted by Crippen LogP contribution is -2.09. The Labute approximate surface area is 313 Å². The summed E-state index contributed by atoms with van der Waals surface area (Å²) in [5, 5.41) is -3.05. The van der Waals surface area contributed by atoms with Crippen molar-refractivity contribution in [2.75, 3.05) is 4.90 Å². The summed E-state index contributed by atoms with van der Waals surface area (Å²) in [6.45, 7) is 0. The number of fused-ring (bicyclic) bond motifs is 6. The molecule has 0 unspecified atom stereocenters. The first kappa shape index (κ1) is 10.4. The summed E-state index contributed by atoms with van der Waals surface area (Å²) >= 11 is 0.547. The summed E-state index contributed by atoms with van der Waals surface area (Å²) in [6.07, 6.45) is 0. The van der Waals surface area contributed by atoms with E-state index in [1.54, 1.807) is 0 Å². The summed E-state index contributed by atoms with van der Waals surface area (Å²) in [7, 11) is 0. The molecule has 0 bridgehead atoms. The first-order valence-corrected chi connectivity index (χ1v) is 14.1. The van der Waals surface area contributed by atoms with Crippen molar-refractivity contribution in [3.05, 3.63) is 175 Å². The minimum Gasteiger partial charge on any atom is -0.310 e. The quantitative estimate of drug-likeness (QED) is 0.182. The van der Waals surface area contributed by atoms with Gasteiger partial charge in [0.05, 0.1) is 39.8 Å². The highest BCUT2D eigenvalue weighted by Crippen LogP contribution is 2.46. The topological polar surface area (TPSA) is 3.24 Å². The van der Waals surface area contributed by atoms with Gasteiger partial charge < -0.3 is 4.90 Å². The van der Waals surface area contributed by atoms with Gasteiger partial charge in [-0.3, -0.25) is 0 Å². The predicted molar refractivity (Wildman–Crippen MR) is 200 cm³/mol. The van der Waals surface area contributed by atoms with Crippen LogP contribution in [0.4, 0.5) is 17.1 Å². The standard InChI is InChI=1S/C44H29NS/c1-3-12-32(13-4-1)40-28-35-15-9-10-18-39(35)44-43(40)41-29-38(25-26-42(41)46-44)45(36-16-5-2-6-17-36)37-23-21-31(22-24-37)34-20-19-30-11-7-8-14-33(30)27-34/h1-29H/i1D,2D,3D,4D,5D,6D,7D,8D,9D,10D,11D,12D,13D,14D,15D,16D,17D,18D,19D,20D,21D,22D,23D,24D,25D,26D,27D,28D,29D. The van der Waals surface area contributed by atoms with Crippen LogP contribution in [0.25, 0.3) is 64.0 Å². The third-order valence-corrected chi connectivity index (χ3v) is 8.00. The smallest absolute Gasteiger partial charge is 0.0652 e. The molecular formula is C44H29NS. The van der Waals surface area contributed by atoms with Gasteiger partial charge in [0.2, 0.25) is 0 Å². The predicted octanol–water partition coefficient (Wildman–Crippen LogP) is 13.2. The largest absolute Gasteiger partial charge is 0.310 e. The lowest BCUT2D eigenvalue weighted by Gasteiger charge is -2.26. The fourth-order valence-electron chi connectivity index (χ4n) is 4.90. The molecule has 0 atom stereocenters. The molecule has 0 fully saturated rings. The van der Waals surface area contributed by atoms with E-state index in [2.05, 4.69) is 0 Å². The van der Waals surface area contributed by atoms with Crippen LogP contribution >= 0.6 is 11.3 Å². The summed E-state index contributed by atoms with van der Waals surface area (Å²) in [5.41, 5.74) is -6.12. The molecule has 9 aromatic rings. The third kappa shape index (κ3) is 4.54. The number of hydrogen-bond acceptors (Lipinski definition) is 2. The number of rotatable bonds is 5. The van der Waals surface area contributed by atoms with E-state index in [0.29, 0.717) is 16.2 Å². The number of hydrogen-bond donors (Lipinski definition) is 0. The highest BCUT2D eigenvalue weighted by atomic mass is 32.1. The molecule has 0 aliphatic rings. The highest BCUT2D eigenvalue weighted by Gasteiger charge is 2.18. The Kier molecular flexibility index (Phi) is 2.50. The lowest BCUT2D eigenvalue weighted by molar-refractivity contribution is 1.29. The fraction of sp³-hybridized carbons (Fsp3) is 0. The van der Waals surface area contributed by atoms with Crippen molar-refractivity contribution >= 4 is 70.1 Å². The van der Waals surface area contributed by atoms with Gasteiger partial charge in [0.25, 0.3) is 0 Å². The Morgan fingerprint density at radius 3 is 1.85 bits per heavy atom. The minimum atomic E-state index is -1.21. The van der Waals surface area contributed by atoms with Gasteiger partial charge in [0.15, 0.2) is 0 Å². The molecule has 0 aliphatic heterocycles. The second-order valence-electron chi connectivity index (χ2n) is 9.52. The normalized spacial score (nSPS) is 20.3. The van der Waals surface area contributed by atoms with Crippen LogP contribution in [0.15, 0.2) is 175 Å². The molecule has 0 amide bonds. The maximum atomic E-state index is 10.0. The van der Waals surface area contributed by atoms with Crippen molar-refractivity contribution in [3.63, 3.8) is 0 Å². The third-order valence-electron chi connectivity index (χ3n) is 6.88. The first-order chi connectivity index (χ1) is 34.9. The SMILES string of the molecule is [2H]c1c([2H])c([2H])c(-c2c([2H])c3c([2H])c([2H])c([2H])c([2H])c3c3sc4c([2H])c([2H])c(N(c5c([2H])c([2H])c([2H])c([2H])c5[2H])c5c([2H])c([2H])c(-c6c([2H])c([2H])c7c([2H])c([2H])c([2H])c([2H])c7c6[2H])c([2H])c5[2H])c([2H])c4c23)c([2H])c1[2H]. The Hall–Kier alpha value is -5.70. The zero-order valence-corrected chi connectivity index (χ0v) is 23.7. The van der Waals surface area contributed by atoms with E-state index < -0.39 is 241 Å². The van der Waals surface area contributed by atoms with Crippen LogP contribution in [0, 0.1) is 0 Å². The van der Waals surface area contributed by atoms with Gasteiger partial charge in [-0.2, -0.15) is 0 Å². The van der Waals surface area contributed by atoms with E-state index in [0.717, 1.165) is 0 Å². The average Bonchev–Trinajstić information content (AvgIpc) is 3.77. The summed E-state index contributed by atoms with van der Waals surface area (Å²) < 4.78 is 258. The van der Waals surface area contributed by atoms with Crippen LogP contribution in [-0.2, 0) is 0 Å². The van der Waals surface area contributed by atoms with Crippen molar-refractivity contribution in [1.82, 2.24) is 0 Å². The number of para-hydroxylation sites is 1. The van der Waals surface area contributed by atoms with Gasteiger partial charge in [0.1, 0.15) is 0 Å². The molecule has 0 saturated carbocycles. The van der Waals surface area contributed by atoms with Crippen LogP contribution in [-0.4, -0.2) is 0 Å². The maximum Gasteiger partial charge on any atom is 0.0652 e. The monoisotopic (exact) mass is 632 g/mol. The molecule has 0 spiro atoms. The van der Waals surface area contributed by atoms with Crippen LogP contribution in [0.1, 0.15) is 39.8 Å². The van der Waals surface area contributed by atoms with E-state index >= 15 is 0 Å². The van der Waals surface area contributed by atoms with Gasteiger partial charge in [-0.1, -0.05) is 121 Å². The van der Waals surface area contributed by atoms with Gasteiger partial charge >= 0.3 is 0 Å². The molecule has 0 aliphatic carbocycles. The number of nitrogens with zero attached hydrogens (tertiary/aromatic N) is 1. The lowest BCUT2D eigenvalue weighted by atomic mass is 9.95. The molecule has 8 aromatic carbocycles.